The van der Waals surface area contributed by atoms with Crippen molar-refractivity contribution in [2.45, 2.75) is 4.90 Å². The van der Waals surface area contributed by atoms with Gasteiger partial charge in [-0.3, -0.25) is 9.69 Å². The Morgan fingerprint density at radius 3 is 3.13 bits per heavy atom. The first kappa shape index (κ1) is 9.94. The highest BCUT2D eigenvalue weighted by Gasteiger charge is 2.23. The molecule has 2 rings (SSSR count). The minimum atomic E-state index is 0.0511. The van der Waals surface area contributed by atoms with Gasteiger partial charge in [0.15, 0.2) is 0 Å². The van der Waals surface area contributed by atoms with E-state index in [0.717, 1.165) is 10.6 Å². The summed E-state index contributed by atoms with van der Waals surface area (Å²) >= 11 is 1.50. The molecular weight excluding hydrogens is 208 g/mol. The number of anilines is 2. The molecule has 1 aliphatic rings. The Kier molecular flexibility index (Phi) is 2.57. The fraction of sp³-hybridized carbons (Fsp3) is 0.182. The summed E-state index contributed by atoms with van der Waals surface area (Å²) in [6, 6.07) is 5.49. The fourth-order valence-electron chi connectivity index (χ4n) is 1.49. The number of fused-ring (bicyclic) bond motifs is 1. The number of carbonyl (C=O) groups is 1. The van der Waals surface area contributed by atoms with Gasteiger partial charge in [0.25, 0.3) is 0 Å². The van der Waals surface area contributed by atoms with Gasteiger partial charge in [-0.05, 0) is 18.2 Å². The van der Waals surface area contributed by atoms with E-state index in [4.69, 9.17) is 12.2 Å². The number of nitrogens with two attached hydrogens (primary N) is 1. The number of terminal acetylenes is 1. The predicted molar refractivity (Wildman–Crippen MR) is 62.8 cm³/mol. The van der Waals surface area contributed by atoms with Gasteiger partial charge >= 0.3 is 0 Å². The Balaban J connectivity index is 2.44. The lowest BCUT2D eigenvalue weighted by Gasteiger charge is -2.27. The monoisotopic (exact) mass is 218 g/mol. The van der Waals surface area contributed by atoms with E-state index in [0.29, 0.717) is 18.0 Å². The van der Waals surface area contributed by atoms with E-state index in [-0.39, 0.29) is 5.91 Å². The molecule has 0 saturated carbocycles. The standard InChI is InChI=1S/C11H10N2OS/c1-2-5-13-9-4-3-8(12)6-10(9)15-7-11(13)14/h1,3-4,6H,5,7,12H2. The molecule has 15 heavy (non-hydrogen) atoms. The van der Waals surface area contributed by atoms with Crippen molar-refractivity contribution >= 4 is 29.0 Å². The summed E-state index contributed by atoms with van der Waals surface area (Å²) in [5.41, 5.74) is 7.25. The zero-order valence-corrected chi connectivity index (χ0v) is 8.88. The summed E-state index contributed by atoms with van der Waals surface area (Å²) in [6.07, 6.45) is 5.23. The Hall–Kier alpha value is -1.60. The van der Waals surface area contributed by atoms with Crippen LogP contribution in [-0.4, -0.2) is 18.2 Å². The van der Waals surface area contributed by atoms with Crippen molar-refractivity contribution in [1.29, 1.82) is 0 Å². The highest BCUT2D eigenvalue weighted by Crippen LogP contribution is 2.36. The first-order valence-electron chi connectivity index (χ1n) is 4.48. The molecule has 1 heterocycles. The number of carbonyl (C=O) groups excluding carboxylic acids is 1. The molecule has 1 aliphatic heterocycles. The Morgan fingerprint density at radius 2 is 2.40 bits per heavy atom. The van der Waals surface area contributed by atoms with E-state index in [9.17, 15) is 4.79 Å². The van der Waals surface area contributed by atoms with E-state index in [1.165, 1.54) is 11.8 Å². The lowest BCUT2D eigenvalue weighted by molar-refractivity contribution is -0.116. The average Bonchev–Trinajstić information content (AvgIpc) is 2.22. The molecule has 4 heteroatoms. The van der Waals surface area contributed by atoms with Crippen LogP contribution in [0.3, 0.4) is 0 Å². The normalized spacial score (nSPS) is 14.6. The van der Waals surface area contributed by atoms with E-state index >= 15 is 0 Å². The molecule has 3 nitrogen and oxygen atoms in total. The lowest BCUT2D eigenvalue weighted by atomic mass is 10.2. The predicted octanol–water partition coefficient (Wildman–Crippen LogP) is 1.34. The highest BCUT2D eigenvalue weighted by atomic mass is 32.2. The van der Waals surface area contributed by atoms with Crippen molar-refractivity contribution < 1.29 is 4.79 Å². The summed E-state index contributed by atoms with van der Waals surface area (Å²) < 4.78 is 0. The van der Waals surface area contributed by atoms with Gasteiger partial charge in [-0.15, -0.1) is 18.2 Å². The maximum atomic E-state index is 11.6. The Morgan fingerprint density at radius 1 is 1.60 bits per heavy atom. The molecule has 0 saturated heterocycles. The topological polar surface area (TPSA) is 46.3 Å². The second-order valence-corrected chi connectivity index (χ2v) is 4.22. The van der Waals surface area contributed by atoms with Gasteiger partial charge in [0.1, 0.15) is 0 Å². The highest BCUT2D eigenvalue weighted by molar-refractivity contribution is 8.00. The average molecular weight is 218 g/mol. The van der Waals surface area contributed by atoms with Crippen molar-refractivity contribution in [3.05, 3.63) is 18.2 Å². The maximum absolute atomic E-state index is 11.6. The number of benzene rings is 1. The molecule has 1 aromatic rings. The maximum Gasteiger partial charge on any atom is 0.238 e. The second-order valence-electron chi connectivity index (χ2n) is 3.20. The van der Waals surface area contributed by atoms with Crippen LogP contribution >= 0.6 is 11.8 Å². The summed E-state index contributed by atoms with van der Waals surface area (Å²) in [4.78, 5) is 14.2. The molecule has 2 N–H and O–H groups in total. The van der Waals surface area contributed by atoms with Crippen LogP contribution in [0, 0.1) is 12.3 Å². The van der Waals surface area contributed by atoms with Crippen LogP contribution in [0.4, 0.5) is 11.4 Å². The minimum absolute atomic E-state index is 0.0511. The molecule has 0 bridgehead atoms. The number of hydrogen-bond donors (Lipinski definition) is 1. The number of hydrogen-bond acceptors (Lipinski definition) is 3. The third kappa shape index (κ3) is 1.79. The van der Waals surface area contributed by atoms with Crippen LogP contribution < -0.4 is 10.6 Å². The molecule has 0 unspecified atom stereocenters. The van der Waals surface area contributed by atoms with Crippen molar-refractivity contribution in [3.63, 3.8) is 0 Å². The van der Waals surface area contributed by atoms with Gasteiger partial charge in [0.2, 0.25) is 5.91 Å². The van der Waals surface area contributed by atoms with Crippen LogP contribution in [0.1, 0.15) is 0 Å². The van der Waals surface area contributed by atoms with Crippen molar-refractivity contribution in [2.24, 2.45) is 0 Å². The summed E-state index contributed by atoms with van der Waals surface area (Å²) in [5, 5.41) is 0. The number of thioether (sulfide) groups is 1. The molecule has 1 aromatic carbocycles. The smallest absolute Gasteiger partial charge is 0.238 e. The van der Waals surface area contributed by atoms with Crippen molar-refractivity contribution in [3.8, 4) is 12.3 Å². The molecule has 0 aliphatic carbocycles. The van der Waals surface area contributed by atoms with Gasteiger partial charge < -0.3 is 5.73 Å². The van der Waals surface area contributed by atoms with E-state index in [1.807, 2.05) is 12.1 Å². The SMILES string of the molecule is C#CCN1C(=O)CSc2cc(N)ccc21. The van der Waals surface area contributed by atoms with E-state index < -0.39 is 0 Å². The van der Waals surface area contributed by atoms with Crippen LogP contribution in [0.25, 0.3) is 0 Å². The third-order valence-electron chi connectivity index (χ3n) is 2.18. The van der Waals surface area contributed by atoms with Crippen LogP contribution in [0.15, 0.2) is 23.1 Å². The summed E-state index contributed by atoms with van der Waals surface area (Å²) in [6.45, 7) is 0.316. The molecule has 0 aromatic heterocycles. The Labute approximate surface area is 92.6 Å². The number of nitrogen functional groups attached to an aromatic ring is 1. The second kappa shape index (κ2) is 3.87. The fourth-order valence-corrected chi connectivity index (χ4v) is 2.47. The van der Waals surface area contributed by atoms with E-state index in [1.54, 1.807) is 11.0 Å². The molecule has 0 fully saturated rings. The van der Waals surface area contributed by atoms with Gasteiger partial charge in [-0.25, -0.2) is 0 Å². The minimum Gasteiger partial charge on any atom is -0.399 e. The van der Waals surface area contributed by atoms with Crippen LogP contribution in [0.5, 0.6) is 0 Å². The van der Waals surface area contributed by atoms with E-state index in [2.05, 4.69) is 5.92 Å². The summed E-state index contributed by atoms with van der Waals surface area (Å²) in [7, 11) is 0. The number of amides is 1. The van der Waals surface area contributed by atoms with Crippen molar-refractivity contribution in [2.75, 3.05) is 22.9 Å². The Bertz CT molecular complexity index is 450. The largest absolute Gasteiger partial charge is 0.399 e. The molecule has 0 radical (unpaired) electrons. The van der Waals surface area contributed by atoms with Gasteiger partial charge in [-0.1, -0.05) is 5.92 Å². The van der Waals surface area contributed by atoms with Gasteiger partial charge in [-0.2, -0.15) is 0 Å². The number of rotatable bonds is 1. The third-order valence-corrected chi connectivity index (χ3v) is 3.21. The van der Waals surface area contributed by atoms with Crippen LogP contribution in [-0.2, 0) is 4.79 Å². The molecule has 76 valence electrons. The first-order chi connectivity index (χ1) is 7.22. The lowest BCUT2D eigenvalue weighted by Crippen LogP contribution is -2.35. The van der Waals surface area contributed by atoms with Gasteiger partial charge in [0.05, 0.1) is 18.0 Å². The zero-order valence-electron chi connectivity index (χ0n) is 8.06. The quantitative estimate of drug-likeness (QED) is 0.571. The summed E-state index contributed by atoms with van der Waals surface area (Å²) in [5.74, 6) is 2.97. The molecule has 0 spiro atoms. The molecule has 0 atom stereocenters. The molecule has 1 amide bonds. The van der Waals surface area contributed by atoms with Crippen LogP contribution in [0.2, 0.25) is 0 Å². The van der Waals surface area contributed by atoms with Gasteiger partial charge in [0, 0.05) is 10.6 Å². The molecular formula is C11H10N2OS. The zero-order chi connectivity index (χ0) is 10.8. The first-order valence-corrected chi connectivity index (χ1v) is 5.47. The van der Waals surface area contributed by atoms with Crippen molar-refractivity contribution in [1.82, 2.24) is 0 Å². The number of nitrogens with zero attached hydrogens (tertiary/aromatic N) is 1.